The molecule has 1 N–H and O–H groups in total. The van der Waals surface area contributed by atoms with Crippen LogP contribution in [0.25, 0.3) is 10.1 Å². The first-order valence-corrected chi connectivity index (χ1v) is 9.25. The van der Waals surface area contributed by atoms with Crippen molar-refractivity contribution in [3.8, 4) is 0 Å². The molecular formula is C16H14Cl3N3OS. The topological polar surface area (TPSA) is 46.9 Å². The van der Waals surface area contributed by atoms with E-state index in [1.165, 1.54) is 11.3 Å². The minimum atomic E-state index is -0.204. The van der Waals surface area contributed by atoms with E-state index in [9.17, 15) is 4.79 Å². The van der Waals surface area contributed by atoms with E-state index in [1.807, 2.05) is 24.0 Å². The maximum Gasteiger partial charge on any atom is 0.262 e. The zero-order chi connectivity index (χ0) is 17.3. The first-order chi connectivity index (χ1) is 11.5. The molecule has 2 heterocycles. The predicted octanol–water partition coefficient (Wildman–Crippen LogP) is 5.19. The highest BCUT2D eigenvalue weighted by Crippen LogP contribution is 2.41. The molecule has 0 atom stereocenters. The molecule has 0 unspecified atom stereocenters. The van der Waals surface area contributed by atoms with Gasteiger partial charge in [0.05, 0.1) is 16.2 Å². The summed E-state index contributed by atoms with van der Waals surface area (Å²) in [5, 5.41) is 9.11. The molecule has 0 fully saturated rings. The Balaban J connectivity index is 1.65. The van der Waals surface area contributed by atoms with Crippen LogP contribution < -0.4 is 5.32 Å². The van der Waals surface area contributed by atoms with Crippen LogP contribution in [0.4, 0.5) is 0 Å². The number of amides is 1. The molecule has 3 aromatic rings. The van der Waals surface area contributed by atoms with Crippen LogP contribution in [0.1, 0.15) is 21.7 Å². The average molecular weight is 403 g/mol. The maximum absolute atomic E-state index is 12.4. The molecule has 0 aliphatic rings. The number of aryl methyl sites for hydroxylation is 2. The van der Waals surface area contributed by atoms with Gasteiger partial charge in [0.15, 0.2) is 0 Å². The van der Waals surface area contributed by atoms with E-state index in [4.69, 9.17) is 34.8 Å². The van der Waals surface area contributed by atoms with Crippen molar-refractivity contribution in [2.24, 2.45) is 0 Å². The lowest BCUT2D eigenvalue weighted by molar-refractivity contribution is 0.0957. The number of carbonyl (C=O) groups is 1. The van der Waals surface area contributed by atoms with Gasteiger partial charge < -0.3 is 5.32 Å². The SMILES string of the molecule is Cc1cnn(CCCNC(=O)c2sc3cc(Cl)cc(Cl)c3c2Cl)c1. The summed E-state index contributed by atoms with van der Waals surface area (Å²) in [6.45, 7) is 3.28. The molecule has 0 aliphatic carbocycles. The molecule has 8 heteroatoms. The Labute approximate surface area is 158 Å². The molecule has 1 aromatic carbocycles. The lowest BCUT2D eigenvalue weighted by atomic mass is 10.2. The summed E-state index contributed by atoms with van der Waals surface area (Å²) >= 11 is 19.8. The molecular weight excluding hydrogens is 389 g/mol. The maximum atomic E-state index is 12.4. The number of halogens is 3. The largest absolute Gasteiger partial charge is 0.351 e. The Bertz CT molecular complexity index is 903. The fourth-order valence-electron chi connectivity index (χ4n) is 2.37. The highest BCUT2D eigenvalue weighted by molar-refractivity contribution is 7.21. The molecule has 4 nitrogen and oxygen atoms in total. The summed E-state index contributed by atoms with van der Waals surface area (Å²) < 4.78 is 2.66. The molecule has 0 saturated carbocycles. The molecule has 1 amide bonds. The number of rotatable bonds is 5. The third-order valence-corrected chi connectivity index (χ3v) is 5.61. The van der Waals surface area contributed by atoms with Gasteiger partial charge in [-0.2, -0.15) is 5.10 Å². The second kappa shape index (κ2) is 7.31. The highest BCUT2D eigenvalue weighted by Gasteiger charge is 2.19. The summed E-state index contributed by atoms with van der Waals surface area (Å²) in [4.78, 5) is 12.8. The van der Waals surface area contributed by atoms with E-state index in [0.29, 0.717) is 31.9 Å². The van der Waals surface area contributed by atoms with Gasteiger partial charge in [0.25, 0.3) is 5.91 Å². The molecule has 126 valence electrons. The molecule has 0 radical (unpaired) electrons. The number of benzene rings is 1. The zero-order valence-corrected chi connectivity index (χ0v) is 15.9. The van der Waals surface area contributed by atoms with Crippen LogP contribution in [-0.4, -0.2) is 22.2 Å². The molecule has 0 bridgehead atoms. The van der Waals surface area contributed by atoms with Crippen molar-refractivity contribution in [1.29, 1.82) is 0 Å². The third kappa shape index (κ3) is 3.70. The summed E-state index contributed by atoms with van der Waals surface area (Å²) in [5.74, 6) is -0.204. The molecule has 3 rings (SSSR count). The van der Waals surface area contributed by atoms with E-state index in [-0.39, 0.29) is 5.91 Å². The highest BCUT2D eigenvalue weighted by atomic mass is 35.5. The second-order valence-electron chi connectivity index (χ2n) is 5.40. The summed E-state index contributed by atoms with van der Waals surface area (Å²) in [6.07, 6.45) is 4.56. The van der Waals surface area contributed by atoms with Crippen LogP contribution in [0, 0.1) is 6.92 Å². The Morgan fingerprint density at radius 2 is 2.12 bits per heavy atom. The van der Waals surface area contributed by atoms with Crippen LogP contribution in [-0.2, 0) is 6.54 Å². The van der Waals surface area contributed by atoms with Crippen LogP contribution in [0.3, 0.4) is 0 Å². The predicted molar refractivity (Wildman–Crippen MR) is 101 cm³/mol. The van der Waals surface area contributed by atoms with Gasteiger partial charge in [-0.3, -0.25) is 9.48 Å². The minimum Gasteiger partial charge on any atom is -0.351 e. The van der Waals surface area contributed by atoms with Crippen molar-refractivity contribution >= 4 is 62.1 Å². The summed E-state index contributed by atoms with van der Waals surface area (Å²) in [7, 11) is 0. The van der Waals surface area contributed by atoms with Gasteiger partial charge in [-0.25, -0.2) is 0 Å². The van der Waals surface area contributed by atoms with Crippen molar-refractivity contribution in [1.82, 2.24) is 15.1 Å². The van der Waals surface area contributed by atoms with Gasteiger partial charge in [0, 0.05) is 34.4 Å². The molecule has 0 spiro atoms. The molecule has 2 aromatic heterocycles. The molecule has 24 heavy (non-hydrogen) atoms. The second-order valence-corrected chi connectivity index (χ2v) is 7.67. The minimum absolute atomic E-state index is 0.204. The van der Waals surface area contributed by atoms with Crippen LogP contribution >= 0.6 is 46.1 Å². The smallest absolute Gasteiger partial charge is 0.262 e. The van der Waals surface area contributed by atoms with E-state index < -0.39 is 0 Å². The number of aromatic nitrogens is 2. The van der Waals surface area contributed by atoms with E-state index in [0.717, 1.165) is 23.2 Å². The third-order valence-electron chi connectivity index (χ3n) is 3.47. The van der Waals surface area contributed by atoms with Crippen molar-refractivity contribution in [3.63, 3.8) is 0 Å². The fourth-order valence-corrected chi connectivity index (χ4v) is 4.66. The van der Waals surface area contributed by atoms with Crippen LogP contribution in [0.2, 0.25) is 15.1 Å². The van der Waals surface area contributed by atoms with Gasteiger partial charge in [0.1, 0.15) is 4.88 Å². The summed E-state index contributed by atoms with van der Waals surface area (Å²) in [5.41, 5.74) is 1.12. The zero-order valence-electron chi connectivity index (χ0n) is 12.8. The average Bonchev–Trinajstić information content (AvgIpc) is 3.07. The lowest BCUT2D eigenvalue weighted by Crippen LogP contribution is -2.24. The first-order valence-electron chi connectivity index (χ1n) is 7.30. The van der Waals surface area contributed by atoms with E-state index in [1.54, 1.807) is 12.1 Å². The Morgan fingerprint density at radius 1 is 1.33 bits per heavy atom. The number of thiophene rings is 1. The van der Waals surface area contributed by atoms with Crippen molar-refractivity contribution < 1.29 is 4.79 Å². The first kappa shape index (κ1) is 17.5. The van der Waals surface area contributed by atoms with Gasteiger partial charge in [0.2, 0.25) is 0 Å². The normalized spacial score (nSPS) is 11.2. The van der Waals surface area contributed by atoms with Gasteiger partial charge in [-0.15, -0.1) is 11.3 Å². The summed E-state index contributed by atoms with van der Waals surface area (Å²) in [6, 6.07) is 3.38. The van der Waals surface area contributed by atoms with Gasteiger partial charge >= 0.3 is 0 Å². The Morgan fingerprint density at radius 3 is 2.83 bits per heavy atom. The van der Waals surface area contributed by atoms with Crippen LogP contribution in [0.15, 0.2) is 24.5 Å². The van der Waals surface area contributed by atoms with E-state index >= 15 is 0 Å². The van der Waals surface area contributed by atoms with Crippen molar-refractivity contribution in [2.75, 3.05) is 6.54 Å². The number of nitrogens with one attached hydrogen (secondary N) is 1. The molecule has 0 aliphatic heterocycles. The quantitative estimate of drug-likeness (QED) is 0.597. The standard InChI is InChI=1S/C16H14Cl3N3OS/c1-9-7-21-22(8-9)4-2-3-20-16(23)15-14(19)13-11(18)5-10(17)6-12(13)24-15/h5-8H,2-4H2,1H3,(H,20,23). The van der Waals surface area contributed by atoms with Crippen molar-refractivity contribution in [2.45, 2.75) is 19.9 Å². The number of nitrogens with zero attached hydrogens (tertiary/aromatic N) is 2. The van der Waals surface area contributed by atoms with Crippen molar-refractivity contribution in [3.05, 3.63) is 50.0 Å². The van der Waals surface area contributed by atoms with Gasteiger partial charge in [-0.05, 0) is 31.0 Å². The molecule has 0 saturated heterocycles. The monoisotopic (exact) mass is 401 g/mol. The number of hydrogen-bond acceptors (Lipinski definition) is 3. The number of carbonyl (C=O) groups excluding carboxylic acids is 1. The van der Waals surface area contributed by atoms with Crippen LogP contribution in [0.5, 0.6) is 0 Å². The fraction of sp³-hybridized carbons (Fsp3) is 0.250. The number of fused-ring (bicyclic) bond motifs is 1. The Kier molecular flexibility index (Phi) is 5.35. The number of hydrogen-bond donors (Lipinski definition) is 1. The lowest BCUT2D eigenvalue weighted by Gasteiger charge is -2.04. The van der Waals surface area contributed by atoms with Gasteiger partial charge in [-0.1, -0.05) is 34.8 Å². The van der Waals surface area contributed by atoms with E-state index in [2.05, 4.69) is 10.4 Å². The Hall–Kier alpha value is -1.27.